The lowest BCUT2D eigenvalue weighted by molar-refractivity contribution is 0.0976. The van der Waals surface area contributed by atoms with Gasteiger partial charge in [-0.3, -0.25) is 15.1 Å². The summed E-state index contributed by atoms with van der Waals surface area (Å²) in [5, 5.41) is 6.11. The average molecular weight is 447 g/mol. The van der Waals surface area contributed by atoms with Crippen LogP contribution < -0.4 is 20.1 Å². The van der Waals surface area contributed by atoms with E-state index in [0.717, 1.165) is 17.7 Å². The zero-order valence-corrected chi connectivity index (χ0v) is 19.3. The molecule has 1 aromatic heterocycles. The molecule has 0 aliphatic heterocycles. The molecule has 0 aliphatic carbocycles. The third-order valence-electron chi connectivity index (χ3n) is 4.83. The van der Waals surface area contributed by atoms with E-state index in [2.05, 4.69) is 27.5 Å². The Hall–Kier alpha value is -3.87. The summed E-state index contributed by atoms with van der Waals surface area (Å²) in [4.78, 5) is 21.7. The zero-order valence-electron chi connectivity index (χ0n) is 19.3. The first-order valence-corrected chi connectivity index (χ1v) is 11.1. The SMILES string of the molecule is CCOc1ccc(C(=O)NC(=NCc2ccncc2)Nc2ccc(CC)cc2)cc1OCC. The van der Waals surface area contributed by atoms with Crippen molar-refractivity contribution in [3.05, 3.63) is 83.7 Å². The first-order valence-electron chi connectivity index (χ1n) is 11.1. The topological polar surface area (TPSA) is 84.8 Å². The van der Waals surface area contributed by atoms with Crippen molar-refractivity contribution in [2.75, 3.05) is 18.5 Å². The Bertz CT molecular complexity index is 1070. The van der Waals surface area contributed by atoms with Gasteiger partial charge in [-0.15, -0.1) is 0 Å². The third kappa shape index (κ3) is 7.07. The van der Waals surface area contributed by atoms with Gasteiger partial charge < -0.3 is 14.8 Å². The van der Waals surface area contributed by atoms with Crippen LogP contribution in [0.1, 0.15) is 42.3 Å². The summed E-state index contributed by atoms with van der Waals surface area (Å²) in [6.07, 6.45) is 4.39. The lowest BCUT2D eigenvalue weighted by atomic mass is 10.1. The second-order valence-corrected chi connectivity index (χ2v) is 7.18. The molecule has 0 unspecified atom stereocenters. The molecule has 0 fully saturated rings. The van der Waals surface area contributed by atoms with Gasteiger partial charge in [0.15, 0.2) is 11.5 Å². The van der Waals surface area contributed by atoms with E-state index in [1.807, 2.05) is 50.2 Å². The predicted molar refractivity (Wildman–Crippen MR) is 131 cm³/mol. The molecule has 172 valence electrons. The molecule has 7 nitrogen and oxygen atoms in total. The van der Waals surface area contributed by atoms with Gasteiger partial charge in [-0.25, -0.2) is 4.99 Å². The number of benzene rings is 2. The van der Waals surface area contributed by atoms with E-state index in [1.165, 1.54) is 5.56 Å². The van der Waals surface area contributed by atoms with Crippen LogP contribution in [-0.4, -0.2) is 30.1 Å². The highest BCUT2D eigenvalue weighted by atomic mass is 16.5. The monoisotopic (exact) mass is 446 g/mol. The Labute approximate surface area is 194 Å². The van der Waals surface area contributed by atoms with Crippen LogP contribution in [0, 0.1) is 0 Å². The summed E-state index contributed by atoms with van der Waals surface area (Å²) in [6.45, 7) is 7.28. The predicted octanol–water partition coefficient (Wildman–Crippen LogP) is 4.84. The van der Waals surface area contributed by atoms with E-state index >= 15 is 0 Å². The van der Waals surface area contributed by atoms with Gasteiger partial charge in [-0.05, 0) is 73.9 Å². The smallest absolute Gasteiger partial charge is 0.258 e. The molecule has 3 rings (SSSR count). The first-order chi connectivity index (χ1) is 16.1. The van der Waals surface area contributed by atoms with Crippen LogP contribution in [0.2, 0.25) is 0 Å². The number of carbonyl (C=O) groups excluding carboxylic acids is 1. The fraction of sp³-hybridized carbons (Fsp3) is 0.269. The van der Waals surface area contributed by atoms with Crippen molar-refractivity contribution in [2.45, 2.75) is 33.7 Å². The second kappa shape index (κ2) is 12.2. The molecule has 33 heavy (non-hydrogen) atoms. The standard InChI is InChI=1S/C26H30N4O3/c1-4-19-7-10-22(11-8-19)29-26(28-18-20-13-15-27-16-14-20)30-25(31)21-9-12-23(32-5-2)24(17-21)33-6-3/h7-17H,4-6,18H2,1-3H3,(H2,28,29,30,31). The largest absolute Gasteiger partial charge is 0.490 e. The van der Waals surface area contributed by atoms with Crippen molar-refractivity contribution in [3.8, 4) is 11.5 Å². The lowest BCUT2D eigenvalue weighted by Gasteiger charge is -2.14. The van der Waals surface area contributed by atoms with Crippen molar-refractivity contribution in [2.24, 2.45) is 4.99 Å². The number of aryl methyl sites for hydroxylation is 1. The van der Waals surface area contributed by atoms with Gasteiger partial charge in [0.1, 0.15) is 0 Å². The number of aliphatic imine (C=N–C) groups is 1. The number of aromatic nitrogens is 1. The Morgan fingerprint density at radius 3 is 2.24 bits per heavy atom. The van der Waals surface area contributed by atoms with Gasteiger partial charge in [0.05, 0.1) is 19.8 Å². The molecular weight excluding hydrogens is 416 g/mol. The van der Waals surface area contributed by atoms with Crippen molar-refractivity contribution in [3.63, 3.8) is 0 Å². The molecular formula is C26H30N4O3. The van der Waals surface area contributed by atoms with Gasteiger partial charge in [0, 0.05) is 23.6 Å². The maximum atomic E-state index is 13.0. The first kappa shape index (κ1) is 23.8. The van der Waals surface area contributed by atoms with Crippen molar-refractivity contribution < 1.29 is 14.3 Å². The molecule has 0 saturated heterocycles. The number of guanidine groups is 1. The summed E-state index contributed by atoms with van der Waals surface area (Å²) in [7, 11) is 0. The number of hydrogen-bond acceptors (Lipinski definition) is 5. The van der Waals surface area contributed by atoms with Crippen LogP contribution >= 0.6 is 0 Å². The van der Waals surface area contributed by atoms with E-state index in [9.17, 15) is 4.79 Å². The molecule has 0 saturated carbocycles. The van der Waals surface area contributed by atoms with E-state index in [-0.39, 0.29) is 5.91 Å². The van der Waals surface area contributed by atoms with Gasteiger partial charge >= 0.3 is 0 Å². The van der Waals surface area contributed by atoms with Crippen LogP contribution in [0.5, 0.6) is 11.5 Å². The Balaban J connectivity index is 1.81. The van der Waals surface area contributed by atoms with Gasteiger partial charge in [-0.2, -0.15) is 0 Å². The number of hydrogen-bond donors (Lipinski definition) is 2. The molecule has 1 heterocycles. The Kier molecular flexibility index (Phi) is 8.82. The Morgan fingerprint density at radius 2 is 1.58 bits per heavy atom. The summed E-state index contributed by atoms with van der Waals surface area (Å²) in [6, 6.07) is 16.9. The van der Waals surface area contributed by atoms with Crippen LogP contribution in [0.4, 0.5) is 5.69 Å². The Morgan fingerprint density at radius 1 is 0.879 bits per heavy atom. The van der Waals surface area contributed by atoms with Crippen LogP contribution in [0.15, 0.2) is 72.0 Å². The molecule has 0 atom stereocenters. The average Bonchev–Trinajstić information content (AvgIpc) is 2.85. The maximum Gasteiger partial charge on any atom is 0.258 e. The number of pyridine rings is 1. The summed E-state index contributed by atoms with van der Waals surface area (Å²) >= 11 is 0. The molecule has 2 N–H and O–H groups in total. The van der Waals surface area contributed by atoms with Gasteiger partial charge in [0.2, 0.25) is 5.96 Å². The normalized spacial score (nSPS) is 11.1. The van der Waals surface area contributed by atoms with Crippen molar-refractivity contribution in [1.82, 2.24) is 10.3 Å². The van der Waals surface area contributed by atoms with E-state index in [1.54, 1.807) is 30.6 Å². The highest BCUT2D eigenvalue weighted by Crippen LogP contribution is 2.28. The number of ether oxygens (including phenoxy) is 2. The highest BCUT2D eigenvalue weighted by molar-refractivity contribution is 6.10. The van der Waals surface area contributed by atoms with Gasteiger partial charge in [0.25, 0.3) is 5.91 Å². The number of nitrogens with zero attached hydrogens (tertiary/aromatic N) is 2. The number of anilines is 1. The number of carbonyl (C=O) groups is 1. The lowest BCUT2D eigenvalue weighted by Crippen LogP contribution is -2.36. The minimum absolute atomic E-state index is 0.301. The van der Waals surface area contributed by atoms with E-state index in [4.69, 9.17) is 9.47 Å². The molecule has 1 amide bonds. The van der Waals surface area contributed by atoms with Crippen LogP contribution in [0.3, 0.4) is 0 Å². The van der Waals surface area contributed by atoms with E-state index < -0.39 is 0 Å². The van der Waals surface area contributed by atoms with Crippen LogP contribution in [0.25, 0.3) is 0 Å². The highest BCUT2D eigenvalue weighted by Gasteiger charge is 2.14. The summed E-state index contributed by atoms with van der Waals surface area (Å²) in [5.41, 5.74) is 3.50. The molecule has 0 bridgehead atoms. The van der Waals surface area contributed by atoms with Crippen LogP contribution in [-0.2, 0) is 13.0 Å². The molecule has 2 aromatic carbocycles. The van der Waals surface area contributed by atoms with E-state index in [0.29, 0.717) is 42.8 Å². The molecule has 3 aromatic rings. The maximum absolute atomic E-state index is 13.0. The second-order valence-electron chi connectivity index (χ2n) is 7.18. The number of amides is 1. The molecule has 0 radical (unpaired) electrons. The summed E-state index contributed by atoms with van der Waals surface area (Å²) < 4.78 is 11.2. The number of rotatable bonds is 9. The minimum Gasteiger partial charge on any atom is -0.490 e. The minimum atomic E-state index is -0.301. The van der Waals surface area contributed by atoms with Gasteiger partial charge in [-0.1, -0.05) is 19.1 Å². The number of nitrogens with one attached hydrogen (secondary N) is 2. The van der Waals surface area contributed by atoms with Crippen molar-refractivity contribution in [1.29, 1.82) is 0 Å². The van der Waals surface area contributed by atoms with Crippen molar-refractivity contribution >= 4 is 17.6 Å². The molecule has 0 aliphatic rings. The quantitative estimate of drug-likeness (QED) is 0.363. The fourth-order valence-electron chi connectivity index (χ4n) is 3.10. The fourth-order valence-corrected chi connectivity index (χ4v) is 3.10. The summed E-state index contributed by atoms with van der Waals surface area (Å²) in [5.74, 6) is 1.19. The zero-order chi connectivity index (χ0) is 23.5. The molecule has 0 spiro atoms. The molecule has 7 heteroatoms. The third-order valence-corrected chi connectivity index (χ3v) is 4.83.